The zero-order valence-corrected chi connectivity index (χ0v) is 13.4. The van der Waals surface area contributed by atoms with Crippen molar-refractivity contribution in [3.63, 3.8) is 0 Å². The summed E-state index contributed by atoms with van der Waals surface area (Å²) < 4.78 is 44.9. The van der Waals surface area contributed by atoms with Gasteiger partial charge in [-0.2, -0.15) is 8.78 Å². The molecular formula is C17H14F3N5O. The molecule has 9 heteroatoms. The average Bonchev–Trinajstić information content (AvgIpc) is 3.10. The van der Waals surface area contributed by atoms with E-state index in [1.165, 1.54) is 22.9 Å². The smallest absolute Gasteiger partial charge is 0.387 e. The predicted octanol–water partition coefficient (Wildman–Crippen LogP) is 3.56. The number of hydrogen-bond donors (Lipinski definition) is 1. The van der Waals surface area contributed by atoms with Gasteiger partial charge in [-0.3, -0.25) is 0 Å². The van der Waals surface area contributed by atoms with Crippen molar-refractivity contribution in [2.75, 3.05) is 5.32 Å². The van der Waals surface area contributed by atoms with Gasteiger partial charge in [0.15, 0.2) is 0 Å². The first kappa shape index (κ1) is 16.4. The molecule has 26 heavy (non-hydrogen) atoms. The fourth-order valence-corrected chi connectivity index (χ4v) is 3.17. The van der Waals surface area contributed by atoms with Crippen molar-refractivity contribution in [2.45, 2.75) is 25.1 Å². The minimum absolute atomic E-state index is 0.0775. The Morgan fingerprint density at radius 2 is 1.88 bits per heavy atom. The van der Waals surface area contributed by atoms with Crippen LogP contribution in [0.1, 0.15) is 29.6 Å². The molecule has 1 aromatic heterocycles. The van der Waals surface area contributed by atoms with E-state index in [2.05, 4.69) is 25.6 Å². The number of nitrogens with one attached hydrogen (secondary N) is 1. The van der Waals surface area contributed by atoms with Crippen LogP contribution in [0.3, 0.4) is 0 Å². The molecule has 0 unspecified atom stereocenters. The van der Waals surface area contributed by atoms with E-state index >= 15 is 0 Å². The van der Waals surface area contributed by atoms with E-state index in [9.17, 15) is 13.2 Å². The van der Waals surface area contributed by atoms with Crippen LogP contribution in [-0.2, 0) is 0 Å². The number of tetrazole rings is 1. The van der Waals surface area contributed by atoms with Crippen LogP contribution in [0.5, 0.6) is 5.75 Å². The number of benzene rings is 2. The second-order valence-electron chi connectivity index (χ2n) is 5.86. The Balaban J connectivity index is 1.73. The molecule has 2 atom stereocenters. The molecule has 2 aromatic carbocycles. The van der Waals surface area contributed by atoms with Crippen LogP contribution in [0.4, 0.5) is 19.1 Å². The maximum absolute atomic E-state index is 13.2. The SMILES string of the molecule is Fc1ccc([C@@H]2C[C@H](c3ccccc3OC(F)F)n3nnnc3N2)cc1. The summed E-state index contributed by atoms with van der Waals surface area (Å²) in [4.78, 5) is 0. The van der Waals surface area contributed by atoms with E-state index in [-0.39, 0.29) is 17.6 Å². The monoisotopic (exact) mass is 361 g/mol. The van der Waals surface area contributed by atoms with Gasteiger partial charge < -0.3 is 10.1 Å². The molecule has 6 nitrogen and oxygen atoms in total. The first-order valence-electron chi connectivity index (χ1n) is 7.95. The number of halogens is 3. The van der Waals surface area contributed by atoms with Crippen molar-refractivity contribution in [3.8, 4) is 5.75 Å². The number of fused-ring (bicyclic) bond motifs is 1. The summed E-state index contributed by atoms with van der Waals surface area (Å²) in [7, 11) is 0. The molecule has 1 aliphatic heterocycles. The Morgan fingerprint density at radius 1 is 1.12 bits per heavy atom. The highest BCUT2D eigenvalue weighted by atomic mass is 19.3. The van der Waals surface area contributed by atoms with Gasteiger partial charge in [0.25, 0.3) is 0 Å². The molecule has 4 rings (SSSR count). The summed E-state index contributed by atoms with van der Waals surface area (Å²) in [5.41, 5.74) is 1.40. The Hall–Kier alpha value is -3.10. The maximum Gasteiger partial charge on any atom is 0.387 e. The van der Waals surface area contributed by atoms with Crippen LogP contribution in [0.2, 0.25) is 0 Å². The molecule has 0 fully saturated rings. The van der Waals surface area contributed by atoms with Gasteiger partial charge in [-0.25, -0.2) is 9.07 Å². The highest BCUT2D eigenvalue weighted by molar-refractivity contribution is 5.42. The molecule has 0 saturated heterocycles. The molecular weight excluding hydrogens is 347 g/mol. The second-order valence-corrected chi connectivity index (χ2v) is 5.86. The Bertz CT molecular complexity index is 899. The zero-order valence-electron chi connectivity index (χ0n) is 13.4. The largest absolute Gasteiger partial charge is 0.434 e. The van der Waals surface area contributed by atoms with Crippen LogP contribution in [0, 0.1) is 5.82 Å². The Morgan fingerprint density at radius 3 is 2.65 bits per heavy atom. The summed E-state index contributed by atoms with van der Waals surface area (Å²) in [5.74, 6) is 0.151. The molecule has 2 heterocycles. The lowest BCUT2D eigenvalue weighted by Crippen LogP contribution is -2.28. The van der Waals surface area contributed by atoms with Crippen LogP contribution in [-0.4, -0.2) is 26.8 Å². The second kappa shape index (κ2) is 6.66. The summed E-state index contributed by atoms with van der Waals surface area (Å²) in [6.07, 6.45) is 0.479. The van der Waals surface area contributed by atoms with Gasteiger partial charge in [-0.05, 0) is 40.6 Å². The molecule has 3 aromatic rings. The molecule has 134 valence electrons. The molecule has 1 N–H and O–H groups in total. The number of anilines is 1. The first-order chi connectivity index (χ1) is 12.6. The van der Waals surface area contributed by atoms with Gasteiger partial charge in [-0.1, -0.05) is 35.4 Å². The third kappa shape index (κ3) is 3.07. The minimum Gasteiger partial charge on any atom is -0.434 e. The van der Waals surface area contributed by atoms with Crippen molar-refractivity contribution < 1.29 is 17.9 Å². The molecule has 0 spiro atoms. The van der Waals surface area contributed by atoms with Crippen LogP contribution >= 0.6 is 0 Å². The number of nitrogens with zero attached hydrogens (tertiary/aromatic N) is 4. The topological polar surface area (TPSA) is 64.9 Å². The van der Waals surface area contributed by atoms with Gasteiger partial charge in [0.2, 0.25) is 5.95 Å². The van der Waals surface area contributed by atoms with Gasteiger partial charge in [-0.15, -0.1) is 0 Å². The van der Waals surface area contributed by atoms with Crippen molar-refractivity contribution in [1.29, 1.82) is 0 Å². The predicted molar refractivity (Wildman–Crippen MR) is 86.4 cm³/mol. The number of hydrogen-bond acceptors (Lipinski definition) is 5. The van der Waals surface area contributed by atoms with Gasteiger partial charge >= 0.3 is 6.61 Å². The van der Waals surface area contributed by atoms with Crippen molar-refractivity contribution in [2.24, 2.45) is 0 Å². The molecule has 0 radical (unpaired) electrons. The van der Waals surface area contributed by atoms with Crippen LogP contribution < -0.4 is 10.1 Å². The van der Waals surface area contributed by atoms with E-state index in [0.29, 0.717) is 17.9 Å². The Labute approximate surface area is 146 Å². The highest BCUT2D eigenvalue weighted by Gasteiger charge is 2.32. The van der Waals surface area contributed by atoms with E-state index in [1.54, 1.807) is 30.3 Å². The quantitative estimate of drug-likeness (QED) is 0.770. The normalized spacial score (nSPS) is 19.1. The van der Waals surface area contributed by atoms with Gasteiger partial charge in [0.05, 0.1) is 12.1 Å². The summed E-state index contributed by atoms with van der Waals surface area (Å²) in [5, 5.41) is 14.8. The van der Waals surface area contributed by atoms with Crippen LogP contribution in [0.15, 0.2) is 48.5 Å². The summed E-state index contributed by atoms with van der Waals surface area (Å²) in [6.45, 7) is -2.93. The zero-order chi connectivity index (χ0) is 18.1. The standard InChI is InChI=1S/C17H14F3N5O/c18-11-7-5-10(6-8-11)13-9-14(25-17(21-13)22-23-24-25)12-3-1-2-4-15(12)26-16(19)20/h1-8,13-14,16H,9H2,(H,21,22,24)/t13-,14+/m0/s1. The number of rotatable bonds is 4. The van der Waals surface area contributed by atoms with E-state index in [1.807, 2.05) is 0 Å². The number of ether oxygens (including phenoxy) is 1. The average molecular weight is 361 g/mol. The Kier molecular flexibility index (Phi) is 4.19. The van der Waals surface area contributed by atoms with Crippen molar-refractivity contribution >= 4 is 5.95 Å². The lowest BCUT2D eigenvalue weighted by atomic mass is 9.93. The number of para-hydroxylation sites is 1. The van der Waals surface area contributed by atoms with E-state index in [4.69, 9.17) is 0 Å². The fraction of sp³-hybridized carbons (Fsp3) is 0.235. The lowest BCUT2D eigenvalue weighted by Gasteiger charge is -2.31. The van der Waals surface area contributed by atoms with Crippen LogP contribution in [0.25, 0.3) is 0 Å². The fourth-order valence-electron chi connectivity index (χ4n) is 3.17. The van der Waals surface area contributed by atoms with Crippen molar-refractivity contribution in [1.82, 2.24) is 20.2 Å². The maximum atomic E-state index is 13.2. The number of alkyl halides is 2. The minimum atomic E-state index is -2.93. The third-order valence-corrected chi connectivity index (χ3v) is 4.32. The van der Waals surface area contributed by atoms with Gasteiger partial charge in [0.1, 0.15) is 11.6 Å². The third-order valence-electron chi connectivity index (χ3n) is 4.32. The summed E-state index contributed by atoms with van der Waals surface area (Å²) >= 11 is 0. The van der Waals surface area contributed by atoms with Gasteiger partial charge in [0, 0.05) is 5.56 Å². The molecule has 1 aliphatic rings. The molecule has 0 amide bonds. The first-order valence-corrected chi connectivity index (χ1v) is 7.95. The highest BCUT2D eigenvalue weighted by Crippen LogP contribution is 2.40. The molecule has 0 bridgehead atoms. The summed E-state index contributed by atoms with van der Waals surface area (Å²) in [6, 6.07) is 12.0. The van der Waals surface area contributed by atoms with Crippen molar-refractivity contribution in [3.05, 3.63) is 65.5 Å². The molecule has 0 aliphatic carbocycles. The van der Waals surface area contributed by atoms with E-state index in [0.717, 1.165) is 5.56 Å². The number of aromatic nitrogens is 4. The molecule has 0 saturated carbocycles. The van der Waals surface area contributed by atoms with E-state index < -0.39 is 12.7 Å². The lowest BCUT2D eigenvalue weighted by molar-refractivity contribution is -0.0507.